The van der Waals surface area contributed by atoms with Gasteiger partial charge in [0, 0.05) is 20.8 Å². The van der Waals surface area contributed by atoms with Crippen molar-refractivity contribution in [2.24, 2.45) is 0 Å². The van der Waals surface area contributed by atoms with Crippen LogP contribution in [0, 0.1) is 0 Å². The fraction of sp³-hybridized carbons (Fsp3) is 0. The van der Waals surface area contributed by atoms with Crippen molar-refractivity contribution in [1.29, 1.82) is 0 Å². The molecule has 2 radical (unpaired) electrons. The van der Waals surface area contributed by atoms with Gasteiger partial charge in [-0.25, -0.2) is 0 Å². The Labute approximate surface area is 130 Å². The Hall–Kier alpha value is 2.23. The van der Waals surface area contributed by atoms with E-state index < -0.39 is 20.8 Å². The van der Waals surface area contributed by atoms with E-state index in [9.17, 15) is 0 Å². The number of hydrogen-bond donors (Lipinski definition) is 0. The summed E-state index contributed by atoms with van der Waals surface area (Å²) in [6.45, 7) is 0. The summed E-state index contributed by atoms with van der Waals surface area (Å²) in [7, 11) is -10.3. The van der Waals surface area contributed by atoms with Crippen molar-refractivity contribution in [3.05, 3.63) is 0 Å². The molecular formula is BaO8PbS2. The number of hydrogen-bond acceptors (Lipinski definition) is 8. The summed E-state index contributed by atoms with van der Waals surface area (Å²) >= 11 is 0. The van der Waals surface area contributed by atoms with Gasteiger partial charge in [0.2, 0.25) is 0 Å². The van der Waals surface area contributed by atoms with Crippen LogP contribution in [-0.4, -0.2) is 111 Å². The molecule has 0 aromatic carbocycles. The van der Waals surface area contributed by atoms with E-state index in [-0.39, 0.29) is 76.2 Å². The second-order valence-electron chi connectivity index (χ2n) is 0.816. The van der Waals surface area contributed by atoms with Crippen molar-refractivity contribution in [2.75, 3.05) is 0 Å². The summed E-state index contributed by atoms with van der Waals surface area (Å²) in [6, 6.07) is 0. The molecule has 0 saturated heterocycles. The minimum absolute atomic E-state index is 0. The third-order valence-corrected chi connectivity index (χ3v) is 0. The second kappa shape index (κ2) is 9.78. The topological polar surface area (TPSA) is 161 Å². The average Bonchev–Trinajstić information content (AvgIpc) is 1.12. The van der Waals surface area contributed by atoms with Crippen molar-refractivity contribution in [2.45, 2.75) is 0 Å². The predicted molar refractivity (Wildman–Crippen MR) is 32.5 cm³/mol. The fourth-order valence-electron chi connectivity index (χ4n) is 0. The van der Waals surface area contributed by atoms with Crippen LogP contribution in [0.5, 0.6) is 0 Å². The van der Waals surface area contributed by atoms with Gasteiger partial charge in [-0.15, -0.1) is 0 Å². The predicted octanol–water partition coefficient (Wildman–Crippen LogP) is -3.44. The molecule has 0 bridgehead atoms. The van der Waals surface area contributed by atoms with E-state index in [0.717, 1.165) is 0 Å². The zero-order valence-corrected chi connectivity index (χ0v) is 15.3. The summed E-state index contributed by atoms with van der Waals surface area (Å²) < 4.78 is 68.2. The molecule has 0 aromatic heterocycles. The summed E-state index contributed by atoms with van der Waals surface area (Å²) in [6.07, 6.45) is 0. The molecule has 12 heteroatoms. The van der Waals surface area contributed by atoms with Crippen LogP contribution in [0.2, 0.25) is 0 Å². The van der Waals surface area contributed by atoms with E-state index in [2.05, 4.69) is 0 Å². The van der Waals surface area contributed by atoms with Gasteiger partial charge in [0.1, 0.15) is 0 Å². The standard InChI is InChI=1S/Ba.2H2O4S.Pb/c;2*1-5(2,3)4;/h;2*(H2,1,2,3,4);/q+2;;;+2/p-4. The van der Waals surface area contributed by atoms with E-state index in [1.165, 1.54) is 0 Å². The maximum atomic E-state index is 8.52. The Morgan fingerprint density at radius 2 is 0.667 bits per heavy atom. The first kappa shape index (κ1) is 23.8. The van der Waals surface area contributed by atoms with Crippen LogP contribution in [0.1, 0.15) is 0 Å². The zero-order chi connectivity index (χ0) is 9.00. The first-order valence-corrected chi connectivity index (χ1v) is 4.00. The van der Waals surface area contributed by atoms with Crippen LogP contribution in [-0.2, 0) is 20.8 Å². The molecule has 0 atom stereocenters. The largest absolute Gasteiger partial charge is 2.00 e. The Balaban J connectivity index is -0.0000000457. The molecule has 0 aliphatic carbocycles. The van der Waals surface area contributed by atoms with E-state index in [4.69, 9.17) is 35.0 Å². The van der Waals surface area contributed by atoms with Crippen molar-refractivity contribution in [3.63, 3.8) is 0 Å². The molecule has 0 amide bonds. The van der Waals surface area contributed by atoms with E-state index in [0.29, 0.717) is 0 Å². The van der Waals surface area contributed by atoms with Crippen LogP contribution < -0.4 is 0 Å². The molecule has 12 heavy (non-hydrogen) atoms. The van der Waals surface area contributed by atoms with Crippen molar-refractivity contribution >= 4 is 97.0 Å². The molecule has 0 aromatic rings. The Morgan fingerprint density at radius 1 is 0.667 bits per heavy atom. The van der Waals surface area contributed by atoms with Crippen molar-refractivity contribution in [1.82, 2.24) is 0 Å². The molecule has 0 heterocycles. The van der Waals surface area contributed by atoms with Crippen molar-refractivity contribution in [3.8, 4) is 0 Å². The van der Waals surface area contributed by atoms with E-state index in [1.807, 2.05) is 0 Å². The summed E-state index contributed by atoms with van der Waals surface area (Å²) in [5.41, 5.74) is 0. The van der Waals surface area contributed by atoms with Gasteiger partial charge in [0.15, 0.2) is 0 Å². The maximum absolute atomic E-state index is 8.52. The van der Waals surface area contributed by atoms with Gasteiger partial charge in [-0.1, -0.05) is 0 Å². The Morgan fingerprint density at radius 3 is 0.667 bits per heavy atom. The van der Waals surface area contributed by atoms with Gasteiger partial charge in [-0.2, -0.15) is 0 Å². The minimum Gasteiger partial charge on any atom is -0.759 e. The van der Waals surface area contributed by atoms with Crippen LogP contribution in [0.15, 0.2) is 0 Å². The van der Waals surface area contributed by atoms with Gasteiger partial charge in [-0.3, -0.25) is 16.8 Å². The van der Waals surface area contributed by atoms with Gasteiger partial charge < -0.3 is 18.2 Å². The maximum Gasteiger partial charge on any atom is 2.00 e. The molecule has 66 valence electrons. The molecule has 0 fully saturated rings. The molecule has 0 rings (SSSR count). The van der Waals surface area contributed by atoms with Crippen LogP contribution in [0.25, 0.3) is 0 Å². The molecule has 8 nitrogen and oxygen atoms in total. The normalized spacial score (nSPS) is 9.67. The van der Waals surface area contributed by atoms with Crippen LogP contribution >= 0.6 is 0 Å². The minimum atomic E-state index is -5.17. The number of rotatable bonds is 0. The monoisotopic (exact) mass is 538 g/mol. The quantitative estimate of drug-likeness (QED) is 0.176. The SMILES string of the molecule is O=S(=O)([O-])[O-].O=S(=O)([O-])[O-].[Ba+2].[Pb+2]. The molecule has 0 N–H and O–H groups in total. The van der Waals surface area contributed by atoms with Crippen molar-refractivity contribution < 1.29 is 35.0 Å². The fourth-order valence-corrected chi connectivity index (χ4v) is 0. The summed E-state index contributed by atoms with van der Waals surface area (Å²) in [5, 5.41) is 0. The summed E-state index contributed by atoms with van der Waals surface area (Å²) in [5.74, 6) is 0. The third kappa shape index (κ3) is 309. The molecule has 0 aliphatic heterocycles. The zero-order valence-electron chi connectivity index (χ0n) is 5.29. The molecule has 0 spiro atoms. The molecular weight excluding hydrogens is 537 g/mol. The Kier molecular flexibility index (Phi) is 19.4. The smallest absolute Gasteiger partial charge is 0.759 e. The van der Waals surface area contributed by atoms with Crippen LogP contribution in [0.4, 0.5) is 0 Å². The van der Waals surface area contributed by atoms with E-state index >= 15 is 0 Å². The first-order chi connectivity index (χ1) is 4.00. The van der Waals surface area contributed by atoms with Crippen LogP contribution in [0.3, 0.4) is 0 Å². The molecule has 0 saturated carbocycles. The third-order valence-electron chi connectivity index (χ3n) is 0. The van der Waals surface area contributed by atoms with Gasteiger partial charge >= 0.3 is 76.2 Å². The van der Waals surface area contributed by atoms with E-state index in [1.54, 1.807) is 0 Å². The Bertz CT molecular complexity index is 213. The average molecular weight is 537 g/mol. The molecule has 0 unspecified atom stereocenters. The van der Waals surface area contributed by atoms with Gasteiger partial charge in [0.05, 0.1) is 0 Å². The second-order valence-corrected chi connectivity index (χ2v) is 2.45. The molecule has 0 aliphatic rings. The summed E-state index contributed by atoms with van der Waals surface area (Å²) in [4.78, 5) is 0. The first-order valence-electron chi connectivity index (χ1n) is 1.33. The van der Waals surface area contributed by atoms with Gasteiger partial charge in [-0.05, 0) is 0 Å². The van der Waals surface area contributed by atoms with Gasteiger partial charge in [0.25, 0.3) is 0 Å².